The monoisotopic (exact) mass is 690 g/mol. The molecule has 0 saturated carbocycles. The third kappa shape index (κ3) is 4.76. The maximum absolute atomic E-state index is 6.68. The lowest BCUT2D eigenvalue weighted by Gasteiger charge is -2.13. The largest absolute Gasteiger partial charge is 0.455 e. The maximum atomic E-state index is 6.68. The van der Waals surface area contributed by atoms with Crippen molar-refractivity contribution in [2.45, 2.75) is 0 Å². The fraction of sp³-hybridized carbons (Fsp3) is 0. The summed E-state index contributed by atoms with van der Waals surface area (Å²) in [5.41, 5.74) is 9.75. The number of rotatable bonds is 5. The van der Waals surface area contributed by atoms with Crippen molar-refractivity contribution >= 4 is 54.5 Å². The summed E-state index contributed by atoms with van der Waals surface area (Å²) in [6.45, 7) is 0. The van der Waals surface area contributed by atoms with Crippen LogP contribution in [0, 0.1) is 0 Å². The minimum atomic E-state index is 0.594. The lowest BCUT2D eigenvalue weighted by Crippen LogP contribution is -2.01. The molecule has 54 heavy (non-hydrogen) atoms. The Morgan fingerprint density at radius 2 is 1.02 bits per heavy atom. The molecule has 11 aromatic rings. The zero-order chi connectivity index (χ0) is 35.6. The Hall–Kier alpha value is -7.37. The van der Waals surface area contributed by atoms with Crippen LogP contribution in [0.1, 0.15) is 0 Å². The zero-order valence-corrected chi connectivity index (χ0v) is 29.0. The molecule has 0 amide bonds. The molecule has 3 aromatic heterocycles. The summed E-state index contributed by atoms with van der Waals surface area (Å²) in [5.74, 6) is 1.81. The summed E-state index contributed by atoms with van der Waals surface area (Å²) in [4.78, 5) is 15.5. The van der Waals surface area contributed by atoms with Crippen LogP contribution in [-0.2, 0) is 0 Å². The van der Waals surface area contributed by atoms with Crippen LogP contribution in [-0.4, -0.2) is 19.5 Å². The molecule has 0 spiro atoms. The number of nitrogens with zero attached hydrogens (tertiary/aromatic N) is 4. The Balaban J connectivity index is 1.14. The molecule has 0 N–H and O–H groups in total. The summed E-state index contributed by atoms with van der Waals surface area (Å²) in [6, 6.07) is 63.1. The van der Waals surface area contributed by atoms with E-state index in [1.54, 1.807) is 0 Å². The van der Waals surface area contributed by atoms with E-state index >= 15 is 0 Å². The Labute approximate surface area is 310 Å². The van der Waals surface area contributed by atoms with Crippen molar-refractivity contribution in [3.63, 3.8) is 0 Å². The minimum absolute atomic E-state index is 0.594. The molecule has 0 bridgehead atoms. The molecule has 0 aliphatic rings. The Morgan fingerprint density at radius 3 is 1.87 bits per heavy atom. The van der Waals surface area contributed by atoms with Gasteiger partial charge in [0.2, 0.25) is 0 Å². The van der Waals surface area contributed by atoms with Gasteiger partial charge >= 0.3 is 0 Å². The van der Waals surface area contributed by atoms with E-state index in [1.807, 2.05) is 36.4 Å². The van der Waals surface area contributed by atoms with E-state index in [2.05, 4.69) is 150 Å². The van der Waals surface area contributed by atoms with Crippen molar-refractivity contribution in [2.75, 3.05) is 0 Å². The van der Waals surface area contributed by atoms with Gasteiger partial charge in [-0.25, -0.2) is 15.0 Å². The van der Waals surface area contributed by atoms with E-state index in [0.29, 0.717) is 17.5 Å². The molecule has 0 aliphatic carbocycles. The highest BCUT2D eigenvalue weighted by Gasteiger charge is 2.21. The molecule has 0 fully saturated rings. The number of furan rings is 1. The van der Waals surface area contributed by atoms with Crippen molar-refractivity contribution in [3.05, 3.63) is 182 Å². The van der Waals surface area contributed by atoms with E-state index in [-0.39, 0.29) is 0 Å². The van der Waals surface area contributed by atoms with E-state index < -0.39 is 0 Å². The van der Waals surface area contributed by atoms with Crippen LogP contribution in [0.2, 0.25) is 0 Å². The highest BCUT2D eigenvalue weighted by molar-refractivity contribution is 6.21. The van der Waals surface area contributed by atoms with Crippen molar-refractivity contribution in [2.24, 2.45) is 0 Å². The second kappa shape index (κ2) is 12.1. The lowest BCUT2D eigenvalue weighted by molar-refractivity contribution is 0.670. The molecule has 0 aliphatic heterocycles. The Morgan fingerprint density at radius 1 is 0.389 bits per heavy atom. The second-order valence-corrected chi connectivity index (χ2v) is 13.6. The van der Waals surface area contributed by atoms with Gasteiger partial charge in [0.05, 0.1) is 11.0 Å². The molecule has 3 heterocycles. The molecule has 5 heteroatoms. The molecular formula is C49H30N4O. The maximum Gasteiger partial charge on any atom is 0.164 e. The SMILES string of the molecule is c1ccc(-c2nc(-c3ccc4c5ccccc5n(-c5ccccc5)c4c3)nc(-c3ccccc3-c3cccc4c3oc3ccc5ccccc5c34)n2)cc1. The van der Waals surface area contributed by atoms with Gasteiger partial charge < -0.3 is 8.98 Å². The predicted octanol–water partition coefficient (Wildman–Crippen LogP) is 12.7. The number of aromatic nitrogens is 4. The number of hydrogen-bond donors (Lipinski definition) is 0. The fourth-order valence-corrected chi connectivity index (χ4v) is 8.00. The number of para-hydroxylation sites is 3. The first kappa shape index (κ1) is 30.3. The number of fused-ring (bicyclic) bond motifs is 8. The van der Waals surface area contributed by atoms with Gasteiger partial charge in [0.15, 0.2) is 17.5 Å². The van der Waals surface area contributed by atoms with Gasteiger partial charge in [-0.1, -0.05) is 152 Å². The standard InChI is InChI=1S/C49H30N4O/c1-3-15-32(16-4-1)47-50-48(33-26-28-38-37-21-11-12-25-42(37)53(43(38)30-33)34-17-5-2-6-18-34)52-49(51-47)40-22-10-9-20-36(40)39-23-13-24-41-45-35-19-8-7-14-31(35)27-29-44(45)54-46(39)41/h1-30H. The highest BCUT2D eigenvalue weighted by atomic mass is 16.3. The van der Waals surface area contributed by atoms with Crippen LogP contribution in [0.3, 0.4) is 0 Å². The minimum Gasteiger partial charge on any atom is -0.455 e. The second-order valence-electron chi connectivity index (χ2n) is 13.6. The van der Waals surface area contributed by atoms with E-state index in [0.717, 1.165) is 66.5 Å². The van der Waals surface area contributed by atoms with Gasteiger partial charge in [0, 0.05) is 49.5 Å². The van der Waals surface area contributed by atoms with E-state index in [1.165, 1.54) is 21.5 Å². The van der Waals surface area contributed by atoms with Gasteiger partial charge in [0.1, 0.15) is 11.2 Å². The zero-order valence-electron chi connectivity index (χ0n) is 29.0. The van der Waals surface area contributed by atoms with Crippen LogP contribution in [0.25, 0.3) is 105 Å². The Kier molecular flexibility index (Phi) is 6.79. The number of benzene rings is 8. The van der Waals surface area contributed by atoms with Gasteiger partial charge in [-0.2, -0.15) is 0 Å². The molecule has 5 nitrogen and oxygen atoms in total. The van der Waals surface area contributed by atoms with Crippen LogP contribution < -0.4 is 0 Å². The van der Waals surface area contributed by atoms with Crippen molar-refractivity contribution in [3.8, 4) is 51.0 Å². The topological polar surface area (TPSA) is 56.7 Å². The van der Waals surface area contributed by atoms with Crippen LogP contribution in [0.4, 0.5) is 0 Å². The van der Waals surface area contributed by atoms with E-state index in [9.17, 15) is 0 Å². The van der Waals surface area contributed by atoms with Crippen LogP contribution >= 0.6 is 0 Å². The smallest absolute Gasteiger partial charge is 0.164 e. The van der Waals surface area contributed by atoms with Crippen LogP contribution in [0.15, 0.2) is 186 Å². The lowest BCUT2D eigenvalue weighted by atomic mass is 9.96. The molecular weight excluding hydrogens is 661 g/mol. The van der Waals surface area contributed by atoms with E-state index in [4.69, 9.17) is 19.4 Å². The first-order valence-corrected chi connectivity index (χ1v) is 18.1. The normalized spacial score (nSPS) is 11.7. The van der Waals surface area contributed by atoms with Gasteiger partial charge in [0.25, 0.3) is 0 Å². The average molecular weight is 691 g/mol. The third-order valence-corrected chi connectivity index (χ3v) is 10.5. The molecule has 252 valence electrons. The summed E-state index contributed by atoms with van der Waals surface area (Å²) in [5, 5.41) is 6.94. The summed E-state index contributed by atoms with van der Waals surface area (Å²) >= 11 is 0. The first-order chi connectivity index (χ1) is 26.8. The highest BCUT2D eigenvalue weighted by Crippen LogP contribution is 2.42. The summed E-state index contributed by atoms with van der Waals surface area (Å²) in [6.07, 6.45) is 0. The summed E-state index contributed by atoms with van der Waals surface area (Å²) in [7, 11) is 0. The van der Waals surface area contributed by atoms with Crippen molar-refractivity contribution in [1.29, 1.82) is 0 Å². The molecule has 11 rings (SSSR count). The number of hydrogen-bond acceptors (Lipinski definition) is 4. The van der Waals surface area contributed by atoms with Crippen molar-refractivity contribution in [1.82, 2.24) is 19.5 Å². The fourth-order valence-electron chi connectivity index (χ4n) is 8.00. The molecule has 0 saturated heterocycles. The molecule has 8 aromatic carbocycles. The molecule has 0 unspecified atom stereocenters. The van der Waals surface area contributed by atoms with Gasteiger partial charge in [-0.15, -0.1) is 0 Å². The third-order valence-electron chi connectivity index (χ3n) is 10.5. The predicted molar refractivity (Wildman–Crippen MR) is 221 cm³/mol. The van der Waals surface area contributed by atoms with Crippen LogP contribution in [0.5, 0.6) is 0 Å². The van der Waals surface area contributed by atoms with Gasteiger partial charge in [-0.05, 0) is 46.7 Å². The molecule has 0 radical (unpaired) electrons. The van der Waals surface area contributed by atoms with Crippen molar-refractivity contribution < 1.29 is 4.42 Å². The molecule has 0 atom stereocenters. The summed E-state index contributed by atoms with van der Waals surface area (Å²) < 4.78 is 9.00. The average Bonchev–Trinajstić information content (AvgIpc) is 3.80. The van der Waals surface area contributed by atoms with Gasteiger partial charge in [-0.3, -0.25) is 0 Å². The first-order valence-electron chi connectivity index (χ1n) is 18.1. The quantitative estimate of drug-likeness (QED) is 0.180. The Bertz CT molecular complexity index is 3220.